The molecular formula is C29H36ClN3O2. The average Bonchev–Trinajstić information content (AvgIpc) is 3.03. The number of hydrogen-bond donors (Lipinski definition) is 1. The predicted octanol–water partition coefficient (Wildman–Crippen LogP) is 5.63. The Balaban J connectivity index is 1.47. The van der Waals surface area contributed by atoms with Gasteiger partial charge in [0, 0.05) is 47.6 Å². The van der Waals surface area contributed by atoms with Crippen molar-refractivity contribution in [2.45, 2.75) is 72.6 Å². The van der Waals surface area contributed by atoms with E-state index in [0.29, 0.717) is 22.4 Å². The Labute approximate surface area is 214 Å². The number of fused-ring (bicyclic) bond motifs is 1. The largest absolute Gasteiger partial charge is 0.489 e. The van der Waals surface area contributed by atoms with Crippen LogP contribution in [0.4, 0.5) is 0 Å². The van der Waals surface area contributed by atoms with E-state index in [-0.39, 0.29) is 28.9 Å². The van der Waals surface area contributed by atoms with Gasteiger partial charge in [-0.1, -0.05) is 45.4 Å². The zero-order chi connectivity index (χ0) is 25.5. The third-order valence-electron chi connectivity index (χ3n) is 7.97. The quantitative estimate of drug-likeness (QED) is 0.586. The highest BCUT2D eigenvalue weighted by molar-refractivity contribution is 6.31. The smallest absolute Gasteiger partial charge is 0.251 e. The molecule has 0 spiro atoms. The first-order valence-corrected chi connectivity index (χ1v) is 12.9. The van der Waals surface area contributed by atoms with Gasteiger partial charge in [-0.2, -0.15) is 5.26 Å². The lowest BCUT2D eigenvalue weighted by molar-refractivity contribution is -0.164. The maximum atomic E-state index is 13.3. The molecule has 1 amide bonds. The van der Waals surface area contributed by atoms with E-state index in [1.54, 1.807) is 18.2 Å². The fourth-order valence-electron chi connectivity index (χ4n) is 6.21. The maximum Gasteiger partial charge on any atom is 0.251 e. The van der Waals surface area contributed by atoms with Crippen LogP contribution in [0.2, 0.25) is 5.02 Å². The van der Waals surface area contributed by atoms with Crippen molar-refractivity contribution in [1.29, 1.82) is 5.26 Å². The second kappa shape index (κ2) is 9.48. The normalized spacial score (nSPS) is 22.9. The topological polar surface area (TPSA) is 65.4 Å². The van der Waals surface area contributed by atoms with Gasteiger partial charge < -0.3 is 15.0 Å². The predicted molar refractivity (Wildman–Crippen MR) is 140 cm³/mol. The molecule has 1 N–H and O–H groups in total. The molecule has 35 heavy (non-hydrogen) atoms. The van der Waals surface area contributed by atoms with Crippen LogP contribution in [-0.4, -0.2) is 42.1 Å². The molecule has 0 atom stereocenters. The summed E-state index contributed by atoms with van der Waals surface area (Å²) in [7, 11) is 0. The summed E-state index contributed by atoms with van der Waals surface area (Å²) < 4.78 is 6.35. The first-order valence-electron chi connectivity index (χ1n) is 12.5. The third kappa shape index (κ3) is 4.79. The van der Waals surface area contributed by atoms with E-state index < -0.39 is 0 Å². The van der Waals surface area contributed by atoms with Gasteiger partial charge in [0.15, 0.2) is 0 Å². The molecule has 1 saturated carbocycles. The number of carbonyl (C=O) groups is 1. The molecule has 1 fully saturated rings. The molecule has 2 aromatic rings. The number of ether oxygens (including phenoxy) is 1. The fourth-order valence-corrected chi connectivity index (χ4v) is 6.42. The van der Waals surface area contributed by atoms with Crippen molar-refractivity contribution < 1.29 is 9.53 Å². The SMILES string of the molecule is CC(C)N1CCc2ccc(C(=O)N[C@H]3C(C)(C)[C@H](Oc4ccc(C#N)c(Cl)c4)C3(C)C)cc2CC1. The summed E-state index contributed by atoms with van der Waals surface area (Å²) in [4.78, 5) is 15.8. The third-order valence-corrected chi connectivity index (χ3v) is 8.28. The van der Waals surface area contributed by atoms with Crippen LogP contribution in [0, 0.1) is 22.2 Å². The Kier molecular flexibility index (Phi) is 6.92. The Morgan fingerprint density at radius 2 is 1.74 bits per heavy atom. The Morgan fingerprint density at radius 3 is 2.34 bits per heavy atom. The van der Waals surface area contributed by atoms with Gasteiger partial charge in [0.2, 0.25) is 0 Å². The number of nitrogens with one attached hydrogen (secondary N) is 1. The molecule has 2 aromatic carbocycles. The average molecular weight is 494 g/mol. The number of rotatable bonds is 5. The van der Waals surface area contributed by atoms with Gasteiger partial charge in [0.25, 0.3) is 5.91 Å². The number of amides is 1. The summed E-state index contributed by atoms with van der Waals surface area (Å²) in [5.41, 5.74) is 3.20. The lowest BCUT2D eigenvalue weighted by Crippen LogP contribution is -2.74. The van der Waals surface area contributed by atoms with E-state index in [0.717, 1.165) is 31.5 Å². The van der Waals surface area contributed by atoms with Crippen LogP contribution < -0.4 is 10.1 Å². The number of carbonyl (C=O) groups excluding carboxylic acids is 1. The summed E-state index contributed by atoms with van der Waals surface area (Å²) in [6, 6.07) is 13.9. The van der Waals surface area contributed by atoms with Crippen molar-refractivity contribution >= 4 is 17.5 Å². The Hall–Kier alpha value is -2.55. The molecule has 0 saturated heterocycles. The molecule has 0 bridgehead atoms. The molecule has 2 aliphatic rings. The molecule has 186 valence electrons. The monoisotopic (exact) mass is 493 g/mol. The molecule has 4 rings (SSSR count). The van der Waals surface area contributed by atoms with Gasteiger partial charge >= 0.3 is 0 Å². The summed E-state index contributed by atoms with van der Waals surface area (Å²) in [5.74, 6) is 0.593. The minimum Gasteiger partial charge on any atom is -0.489 e. The van der Waals surface area contributed by atoms with E-state index in [2.05, 4.69) is 70.0 Å². The molecule has 0 radical (unpaired) electrons. The van der Waals surface area contributed by atoms with Gasteiger partial charge in [0.05, 0.1) is 10.6 Å². The summed E-state index contributed by atoms with van der Waals surface area (Å²) in [6.45, 7) is 15.1. The first kappa shape index (κ1) is 25.5. The molecule has 1 heterocycles. The summed E-state index contributed by atoms with van der Waals surface area (Å²) in [6.07, 6.45) is 1.87. The highest BCUT2D eigenvalue weighted by atomic mass is 35.5. The molecule has 0 aromatic heterocycles. The maximum absolute atomic E-state index is 13.3. The van der Waals surface area contributed by atoms with Crippen molar-refractivity contribution in [1.82, 2.24) is 10.2 Å². The molecule has 0 unspecified atom stereocenters. The van der Waals surface area contributed by atoms with Crippen LogP contribution in [0.3, 0.4) is 0 Å². The molecule has 1 aliphatic carbocycles. The first-order chi connectivity index (χ1) is 16.4. The molecule has 5 nitrogen and oxygen atoms in total. The Morgan fingerprint density at radius 1 is 1.09 bits per heavy atom. The van der Waals surface area contributed by atoms with Crippen molar-refractivity contribution in [3.63, 3.8) is 0 Å². The highest BCUT2D eigenvalue weighted by Gasteiger charge is 2.64. The zero-order valence-electron chi connectivity index (χ0n) is 21.6. The number of hydrogen-bond acceptors (Lipinski definition) is 4. The van der Waals surface area contributed by atoms with E-state index in [9.17, 15) is 4.79 Å². The molecule has 6 heteroatoms. The van der Waals surface area contributed by atoms with Crippen LogP contribution >= 0.6 is 11.6 Å². The lowest BCUT2D eigenvalue weighted by atomic mass is 9.49. The van der Waals surface area contributed by atoms with Crippen LogP contribution in [-0.2, 0) is 12.8 Å². The van der Waals surface area contributed by atoms with Crippen LogP contribution in [0.1, 0.15) is 68.6 Å². The van der Waals surface area contributed by atoms with Gasteiger partial charge in [-0.05, 0) is 62.1 Å². The number of nitrogens with zero attached hydrogens (tertiary/aromatic N) is 2. The number of halogens is 1. The van der Waals surface area contributed by atoms with Gasteiger partial charge in [0.1, 0.15) is 17.9 Å². The van der Waals surface area contributed by atoms with E-state index in [1.807, 2.05) is 6.07 Å². The Bertz CT molecular complexity index is 1150. The van der Waals surface area contributed by atoms with Crippen LogP contribution in [0.5, 0.6) is 5.75 Å². The standard InChI is InChI=1S/C29H36ClN3O2/c1-18(2)33-13-11-19-7-8-21(15-20(19)12-14-33)25(34)32-26-28(3,4)27(29(26,5)6)35-23-10-9-22(17-31)24(30)16-23/h7-10,15-16,18,26-27H,11-14H2,1-6H3,(H,32,34)/t26-,27-. The second-order valence-electron chi connectivity index (χ2n) is 11.4. The van der Waals surface area contributed by atoms with Gasteiger partial charge in [-0.3, -0.25) is 4.79 Å². The summed E-state index contributed by atoms with van der Waals surface area (Å²) in [5, 5.41) is 12.8. The number of nitriles is 1. The van der Waals surface area contributed by atoms with E-state index >= 15 is 0 Å². The highest BCUT2D eigenvalue weighted by Crippen LogP contribution is 2.55. The minimum absolute atomic E-state index is 0.0382. The van der Waals surface area contributed by atoms with Crippen molar-refractivity contribution in [2.75, 3.05) is 13.1 Å². The zero-order valence-corrected chi connectivity index (χ0v) is 22.4. The van der Waals surface area contributed by atoms with Gasteiger partial charge in [-0.25, -0.2) is 0 Å². The minimum atomic E-state index is -0.289. The van der Waals surface area contributed by atoms with Crippen LogP contribution in [0.15, 0.2) is 36.4 Å². The van der Waals surface area contributed by atoms with E-state index in [4.69, 9.17) is 21.6 Å². The fraction of sp³-hybridized carbons (Fsp3) is 0.517. The number of benzene rings is 2. The van der Waals surface area contributed by atoms with Gasteiger partial charge in [-0.15, -0.1) is 0 Å². The second-order valence-corrected chi connectivity index (χ2v) is 11.8. The molecular weight excluding hydrogens is 458 g/mol. The lowest BCUT2D eigenvalue weighted by Gasteiger charge is -2.63. The summed E-state index contributed by atoms with van der Waals surface area (Å²) >= 11 is 6.20. The van der Waals surface area contributed by atoms with Crippen molar-refractivity contribution in [3.05, 3.63) is 63.7 Å². The van der Waals surface area contributed by atoms with Crippen molar-refractivity contribution in [2.24, 2.45) is 10.8 Å². The van der Waals surface area contributed by atoms with Crippen molar-refractivity contribution in [3.8, 4) is 11.8 Å². The van der Waals surface area contributed by atoms with E-state index in [1.165, 1.54) is 11.1 Å². The van der Waals surface area contributed by atoms with Crippen LogP contribution in [0.25, 0.3) is 0 Å². The molecule has 1 aliphatic heterocycles.